The third-order valence-corrected chi connectivity index (χ3v) is 6.82. The zero-order valence-corrected chi connectivity index (χ0v) is 20.1. The van der Waals surface area contributed by atoms with Crippen molar-refractivity contribution in [1.29, 1.82) is 0 Å². The van der Waals surface area contributed by atoms with Crippen LogP contribution in [0.15, 0.2) is 31.1 Å². The first kappa shape index (κ1) is 23.0. The summed E-state index contributed by atoms with van der Waals surface area (Å²) in [6.45, 7) is 6.44. The summed E-state index contributed by atoms with van der Waals surface area (Å²) in [7, 11) is 0. The van der Waals surface area contributed by atoms with E-state index in [0.717, 1.165) is 0 Å². The predicted octanol–water partition coefficient (Wildman–Crippen LogP) is 5.04. The number of rotatable bonds is 2. The molecule has 2 aliphatic rings. The molecule has 0 radical (unpaired) electrons. The lowest BCUT2D eigenvalue weighted by atomic mass is 9.98. The van der Waals surface area contributed by atoms with E-state index in [4.69, 9.17) is 39.5 Å². The molecule has 11 heteroatoms. The molecule has 7 nitrogen and oxygen atoms in total. The second kappa shape index (κ2) is 9.09. The first-order valence-electron chi connectivity index (χ1n) is 10.6. The van der Waals surface area contributed by atoms with Crippen LogP contribution in [-0.4, -0.2) is 60.1 Å². The van der Waals surface area contributed by atoms with E-state index in [1.165, 1.54) is 18.5 Å². The van der Waals surface area contributed by atoms with Crippen LogP contribution in [0.5, 0.6) is 5.75 Å². The summed E-state index contributed by atoms with van der Waals surface area (Å²) in [5.41, 5.74) is 1.35. The summed E-state index contributed by atoms with van der Waals surface area (Å²) < 4.78 is 21.4. The largest absolute Gasteiger partial charge is 0.489 e. The van der Waals surface area contributed by atoms with Gasteiger partial charge in [-0.2, -0.15) is 0 Å². The molecule has 34 heavy (non-hydrogen) atoms. The highest BCUT2D eigenvalue weighted by Gasteiger charge is 2.29. The van der Waals surface area contributed by atoms with Crippen molar-refractivity contribution in [2.75, 3.05) is 49.5 Å². The molecule has 0 saturated carbocycles. The first-order valence-corrected chi connectivity index (χ1v) is 11.7. The van der Waals surface area contributed by atoms with Crippen LogP contribution < -0.4 is 15.0 Å². The van der Waals surface area contributed by atoms with Gasteiger partial charge in [0.2, 0.25) is 5.91 Å². The molecule has 0 atom stereocenters. The summed E-state index contributed by atoms with van der Waals surface area (Å²) in [5, 5.41) is 4.18. The maximum absolute atomic E-state index is 15.3. The van der Waals surface area contributed by atoms with E-state index >= 15 is 4.39 Å². The van der Waals surface area contributed by atoms with Gasteiger partial charge in [0.1, 0.15) is 24.3 Å². The highest BCUT2D eigenvalue weighted by atomic mass is 35.5. The fourth-order valence-electron chi connectivity index (χ4n) is 4.35. The van der Waals surface area contributed by atoms with Crippen molar-refractivity contribution in [2.45, 2.75) is 0 Å². The summed E-state index contributed by atoms with van der Waals surface area (Å²) in [6, 6.07) is 3.06. The molecule has 1 fully saturated rings. The standard InChI is InChI=1S/C23H19Cl3FN5O2/c1-2-16(33)31-4-6-32(7-5-31)23-12-9-13(24)17-18-19(27)14(25)10-15(26)21(18)28-3-8-34-22(17)20(12)29-11-30-23/h2,9-11,28H,1,3-8H2. The Balaban J connectivity index is 1.67. The zero-order chi connectivity index (χ0) is 24.0. The number of hydrogen-bond acceptors (Lipinski definition) is 6. The predicted molar refractivity (Wildman–Crippen MR) is 133 cm³/mol. The lowest BCUT2D eigenvalue weighted by Crippen LogP contribution is -2.48. The topological polar surface area (TPSA) is 70.6 Å². The van der Waals surface area contributed by atoms with Crippen LogP contribution in [0.25, 0.3) is 22.0 Å². The van der Waals surface area contributed by atoms with E-state index < -0.39 is 5.82 Å². The molecule has 0 spiro atoms. The smallest absolute Gasteiger partial charge is 0.246 e. The minimum Gasteiger partial charge on any atom is -0.489 e. The molecule has 176 valence electrons. The molecule has 1 amide bonds. The summed E-state index contributed by atoms with van der Waals surface area (Å²) >= 11 is 19.3. The molecule has 1 saturated heterocycles. The maximum atomic E-state index is 15.3. The number of ether oxygens (including phenoxy) is 1. The van der Waals surface area contributed by atoms with Crippen LogP contribution in [0.2, 0.25) is 15.1 Å². The average molecular weight is 523 g/mol. The molecule has 0 bridgehead atoms. The number of aromatic nitrogens is 2. The van der Waals surface area contributed by atoms with Gasteiger partial charge in [0, 0.05) is 49.2 Å². The molecule has 3 aromatic rings. The van der Waals surface area contributed by atoms with E-state index in [2.05, 4.69) is 26.8 Å². The van der Waals surface area contributed by atoms with Gasteiger partial charge >= 0.3 is 0 Å². The van der Waals surface area contributed by atoms with Crippen LogP contribution >= 0.6 is 34.8 Å². The van der Waals surface area contributed by atoms with Crippen LogP contribution in [0.1, 0.15) is 0 Å². The quantitative estimate of drug-likeness (QED) is 0.376. The van der Waals surface area contributed by atoms with Crippen LogP contribution in [0.4, 0.5) is 15.9 Å². The number of carbonyl (C=O) groups is 1. The van der Waals surface area contributed by atoms with Crippen molar-refractivity contribution in [1.82, 2.24) is 14.9 Å². The van der Waals surface area contributed by atoms with E-state index in [-0.39, 0.29) is 33.1 Å². The Morgan fingerprint density at radius 3 is 2.59 bits per heavy atom. The van der Waals surface area contributed by atoms with E-state index in [1.54, 1.807) is 11.0 Å². The molecule has 0 aliphatic carbocycles. The van der Waals surface area contributed by atoms with Crippen LogP contribution in [0.3, 0.4) is 0 Å². The van der Waals surface area contributed by atoms with E-state index in [9.17, 15) is 4.79 Å². The first-order chi connectivity index (χ1) is 16.4. The number of anilines is 2. The van der Waals surface area contributed by atoms with Gasteiger partial charge < -0.3 is 19.9 Å². The number of hydrogen-bond donors (Lipinski definition) is 1. The number of nitrogens with zero attached hydrogens (tertiary/aromatic N) is 4. The fraction of sp³-hybridized carbons (Fsp3) is 0.261. The van der Waals surface area contributed by atoms with E-state index in [1.807, 2.05) is 0 Å². The molecule has 2 aliphatic heterocycles. The number of carbonyl (C=O) groups excluding carboxylic acids is 1. The maximum Gasteiger partial charge on any atom is 0.246 e. The minimum atomic E-state index is -0.654. The number of amides is 1. The fourth-order valence-corrected chi connectivity index (χ4v) is 5.17. The van der Waals surface area contributed by atoms with E-state index in [0.29, 0.717) is 66.4 Å². The molecule has 1 N–H and O–H groups in total. The van der Waals surface area contributed by atoms with Crippen LogP contribution in [0, 0.1) is 5.82 Å². The van der Waals surface area contributed by atoms with Gasteiger partial charge in [0.05, 0.1) is 20.8 Å². The summed E-state index contributed by atoms with van der Waals surface area (Å²) in [5.74, 6) is 0.246. The van der Waals surface area contributed by atoms with Gasteiger partial charge in [-0.1, -0.05) is 41.4 Å². The van der Waals surface area contributed by atoms with Crippen molar-refractivity contribution < 1.29 is 13.9 Å². The minimum absolute atomic E-state index is 0.100. The second-order valence-electron chi connectivity index (χ2n) is 7.85. The molecule has 0 unspecified atom stereocenters. The second-order valence-corrected chi connectivity index (χ2v) is 9.07. The van der Waals surface area contributed by atoms with Crippen molar-refractivity contribution in [3.8, 4) is 16.9 Å². The monoisotopic (exact) mass is 521 g/mol. The Bertz CT molecular complexity index is 1330. The molecule has 2 aromatic carbocycles. The van der Waals surface area contributed by atoms with Crippen molar-refractivity contribution in [3.05, 3.63) is 52.0 Å². The Labute approximate surface area is 210 Å². The Hall–Kier alpha value is -2.81. The van der Waals surface area contributed by atoms with Crippen molar-refractivity contribution >= 4 is 63.1 Å². The van der Waals surface area contributed by atoms with Gasteiger partial charge in [-0.05, 0) is 18.2 Å². The number of halogens is 4. The molecule has 5 rings (SSSR count). The molecule has 1 aromatic heterocycles. The van der Waals surface area contributed by atoms with Gasteiger partial charge in [0.15, 0.2) is 11.6 Å². The zero-order valence-electron chi connectivity index (χ0n) is 17.9. The third-order valence-electron chi connectivity index (χ3n) is 5.95. The van der Waals surface area contributed by atoms with Crippen LogP contribution in [-0.2, 0) is 4.79 Å². The van der Waals surface area contributed by atoms with Crippen molar-refractivity contribution in [3.63, 3.8) is 0 Å². The highest BCUT2D eigenvalue weighted by molar-refractivity contribution is 6.39. The number of benzene rings is 2. The van der Waals surface area contributed by atoms with Gasteiger partial charge in [-0.25, -0.2) is 14.4 Å². The summed E-state index contributed by atoms with van der Waals surface area (Å²) in [4.78, 5) is 24.7. The normalized spacial score (nSPS) is 15.5. The number of piperazine rings is 1. The average Bonchev–Trinajstić information content (AvgIpc) is 2.82. The molecular weight excluding hydrogens is 504 g/mol. The van der Waals surface area contributed by atoms with Gasteiger partial charge in [-0.15, -0.1) is 0 Å². The van der Waals surface area contributed by atoms with Gasteiger partial charge in [0.25, 0.3) is 0 Å². The summed E-state index contributed by atoms with van der Waals surface area (Å²) in [6.07, 6.45) is 2.75. The SMILES string of the molecule is C=CC(=O)N1CCN(c2ncnc3c4c(c(Cl)cc23)-c2c(F)c(Cl)cc(Cl)c2NCCO4)CC1. The molecular formula is C23H19Cl3FN5O2. The van der Waals surface area contributed by atoms with Crippen molar-refractivity contribution in [2.24, 2.45) is 0 Å². The lowest BCUT2D eigenvalue weighted by Gasteiger charge is -2.35. The highest BCUT2D eigenvalue weighted by Crippen LogP contribution is 2.50. The third kappa shape index (κ3) is 3.79. The van der Waals surface area contributed by atoms with Gasteiger partial charge in [-0.3, -0.25) is 4.79 Å². The number of fused-ring (bicyclic) bond motifs is 5. The number of nitrogens with one attached hydrogen (secondary N) is 1. The molecule has 3 heterocycles. The Kier molecular flexibility index (Phi) is 6.14. The lowest BCUT2D eigenvalue weighted by molar-refractivity contribution is -0.126. The Morgan fingerprint density at radius 2 is 1.85 bits per heavy atom. The Morgan fingerprint density at radius 1 is 1.09 bits per heavy atom.